The van der Waals surface area contributed by atoms with Gasteiger partial charge < -0.3 is 15.4 Å². The van der Waals surface area contributed by atoms with Crippen molar-refractivity contribution in [1.29, 1.82) is 0 Å². The van der Waals surface area contributed by atoms with Crippen LogP contribution in [0.5, 0.6) is 0 Å². The fraction of sp³-hybridized carbons (Fsp3) is 0.263. The Kier molecular flexibility index (Phi) is 4.43. The number of hydrogen-bond acceptors (Lipinski definition) is 5. The van der Waals surface area contributed by atoms with E-state index in [1.165, 1.54) is 12.1 Å². The minimum absolute atomic E-state index is 0.224. The zero-order valence-electron chi connectivity index (χ0n) is 13.7. The van der Waals surface area contributed by atoms with Gasteiger partial charge in [-0.05, 0) is 49.2 Å². The van der Waals surface area contributed by atoms with Crippen LogP contribution in [0.1, 0.15) is 12.8 Å². The highest BCUT2D eigenvalue weighted by Gasteiger charge is 2.16. The monoisotopic (exact) mass is 338 g/mol. The molecule has 1 atom stereocenters. The Hall–Kier alpha value is -2.73. The van der Waals surface area contributed by atoms with Crippen molar-refractivity contribution in [3.63, 3.8) is 0 Å². The molecule has 2 heterocycles. The zero-order valence-corrected chi connectivity index (χ0v) is 13.7. The van der Waals surface area contributed by atoms with E-state index < -0.39 is 0 Å². The van der Waals surface area contributed by atoms with Gasteiger partial charge in [0.15, 0.2) is 0 Å². The molecule has 0 bridgehead atoms. The Bertz CT molecular complexity index is 863. The van der Waals surface area contributed by atoms with Crippen LogP contribution in [0, 0.1) is 5.82 Å². The molecule has 3 aromatic rings. The molecule has 0 spiro atoms. The van der Waals surface area contributed by atoms with Crippen LogP contribution in [-0.4, -0.2) is 29.2 Å². The molecule has 2 aromatic carbocycles. The molecule has 1 fully saturated rings. The van der Waals surface area contributed by atoms with Crippen LogP contribution in [-0.2, 0) is 4.74 Å². The van der Waals surface area contributed by atoms with Crippen molar-refractivity contribution in [2.24, 2.45) is 0 Å². The first kappa shape index (κ1) is 15.8. The zero-order chi connectivity index (χ0) is 17.1. The van der Waals surface area contributed by atoms with Crippen molar-refractivity contribution in [3.05, 3.63) is 54.3 Å². The van der Waals surface area contributed by atoms with E-state index in [1.807, 2.05) is 24.3 Å². The summed E-state index contributed by atoms with van der Waals surface area (Å²) in [7, 11) is 0. The Morgan fingerprint density at radius 3 is 2.72 bits per heavy atom. The molecule has 6 heteroatoms. The Balaban J connectivity index is 1.61. The number of ether oxygens (including phenoxy) is 1. The average molecular weight is 338 g/mol. The number of nitrogens with zero attached hydrogens (tertiary/aromatic N) is 2. The number of rotatable bonds is 5. The van der Waals surface area contributed by atoms with E-state index in [-0.39, 0.29) is 11.9 Å². The molecular formula is C19H19FN4O. The first-order valence-corrected chi connectivity index (χ1v) is 8.43. The van der Waals surface area contributed by atoms with Gasteiger partial charge in [-0.3, -0.25) is 0 Å². The highest BCUT2D eigenvalue weighted by atomic mass is 19.1. The molecule has 4 rings (SSSR count). The quantitative estimate of drug-likeness (QED) is 0.733. The third kappa shape index (κ3) is 3.69. The molecule has 1 aliphatic rings. The standard InChI is InChI=1S/C19H19FN4O/c20-13-7-9-14(10-8-13)22-19-23-17-6-2-1-5-16(17)18(24-19)21-12-15-4-3-11-25-15/h1-2,5-10,15H,3-4,11-12H2,(H2,21,22,23,24)/t15-/m1/s1. The highest BCUT2D eigenvalue weighted by molar-refractivity contribution is 5.90. The lowest BCUT2D eigenvalue weighted by molar-refractivity contribution is 0.120. The minimum Gasteiger partial charge on any atom is -0.376 e. The first-order chi connectivity index (χ1) is 12.3. The second-order valence-electron chi connectivity index (χ2n) is 6.06. The van der Waals surface area contributed by atoms with Gasteiger partial charge in [-0.25, -0.2) is 9.37 Å². The normalized spacial score (nSPS) is 16.9. The lowest BCUT2D eigenvalue weighted by Crippen LogP contribution is -2.19. The molecule has 0 radical (unpaired) electrons. The molecule has 1 aliphatic heterocycles. The fourth-order valence-electron chi connectivity index (χ4n) is 2.95. The molecule has 0 saturated carbocycles. The number of nitrogens with one attached hydrogen (secondary N) is 2. The second-order valence-corrected chi connectivity index (χ2v) is 6.06. The number of halogens is 1. The highest BCUT2D eigenvalue weighted by Crippen LogP contribution is 2.24. The summed E-state index contributed by atoms with van der Waals surface area (Å²) < 4.78 is 18.7. The molecule has 5 nitrogen and oxygen atoms in total. The number of fused-ring (bicyclic) bond motifs is 1. The smallest absolute Gasteiger partial charge is 0.229 e. The van der Waals surface area contributed by atoms with E-state index in [4.69, 9.17) is 4.74 Å². The summed E-state index contributed by atoms with van der Waals surface area (Å²) in [6, 6.07) is 14.0. The molecule has 0 unspecified atom stereocenters. The van der Waals surface area contributed by atoms with Gasteiger partial charge in [0.25, 0.3) is 0 Å². The van der Waals surface area contributed by atoms with Crippen molar-refractivity contribution >= 4 is 28.4 Å². The molecule has 2 N–H and O–H groups in total. The van der Waals surface area contributed by atoms with Crippen molar-refractivity contribution in [2.45, 2.75) is 18.9 Å². The van der Waals surface area contributed by atoms with Crippen molar-refractivity contribution < 1.29 is 9.13 Å². The number of para-hydroxylation sites is 1. The van der Waals surface area contributed by atoms with E-state index in [2.05, 4.69) is 20.6 Å². The van der Waals surface area contributed by atoms with Crippen molar-refractivity contribution in [2.75, 3.05) is 23.8 Å². The van der Waals surface area contributed by atoms with Gasteiger partial charge >= 0.3 is 0 Å². The van der Waals surface area contributed by atoms with Crippen LogP contribution < -0.4 is 10.6 Å². The summed E-state index contributed by atoms with van der Waals surface area (Å²) >= 11 is 0. The van der Waals surface area contributed by atoms with Crippen LogP contribution >= 0.6 is 0 Å². The van der Waals surface area contributed by atoms with E-state index in [1.54, 1.807) is 12.1 Å². The molecule has 128 valence electrons. The van der Waals surface area contributed by atoms with Gasteiger partial charge in [0, 0.05) is 24.2 Å². The fourth-order valence-corrected chi connectivity index (χ4v) is 2.95. The van der Waals surface area contributed by atoms with Gasteiger partial charge in [0.1, 0.15) is 11.6 Å². The summed E-state index contributed by atoms with van der Waals surface area (Å²) in [5.41, 5.74) is 1.58. The average Bonchev–Trinajstić information content (AvgIpc) is 3.15. The molecule has 25 heavy (non-hydrogen) atoms. The maximum atomic E-state index is 13.1. The lowest BCUT2D eigenvalue weighted by atomic mass is 10.2. The summed E-state index contributed by atoms with van der Waals surface area (Å²) in [5.74, 6) is 0.967. The largest absolute Gasteiger partial charge is 0.376 e. The van der Waals surface area contributed by atoms with Crippen LogP contribution in [0.4, 0.5) is 21.8 Å². The molecule has 0 aliphatic carbocycles. The summed E-state index contributed by atoms with van der Waals surface area (Å²) in [6.07, 6.45) is 2.40. The van der Waals surface area contributed by atoms with Gasteiger partial charge in [-0.15, -0.1) is 0 Å². The van der Waals surface area contributed by atoms with E-state index in [0.29, 0.717) is 5.95 Å². The Morgan fingerprint density at radius 1 is 1.08 bits per heavy atom. The molecule has 1 aromatic heterocycles. The third-order valence-corrected chi connectivity index (χ3v) is 4.22. The van der Waals surface area contributed by atoms with E-state index in [0.717, 1.165) is 48.4 Å². The second kappa shape index (κ2) is 7.03. The minimum atomic E-state index is -0.274. The van der Waals surface area contributed by atoms with Crippen LogP contribution in [0.25, 0.3) is 10.9 Å². The topological polar surface area (TPSA) is 59.1 Å². The van der Waals surface area contributed by atoms with Crippen molar-refractivity contribution in [3.8, 4) is 0 Å². The van der Waals surface area contributed by atoms with Gasteiger partial charge in [0.2, 0.25) is 5.95 Å². The van der Waals surface area contributed by atoms with Gasteiger partial charge in [-0.1, -0.05) is 12.1 Å². The first-order valence-electron chi connectivity index (χ1n) is 8.43. The lowest BCUT2D eigenvalue weighted by Gasteiger charge is -2.14. The predicted octanol–water partition coefficient (Wildman–Crippen LogP) is 4.10. The molecular weight excluding hydrogens is 319 g/mol. The predicted molar refractivity (Wildman–Crippen MR) is 96.7 cm³/mol. The number of anilines is 3. The van der Waals surface area contributed by atoms with E-state index in [9.17, 15) is 4.39 Å². The molecule has 1 saturated heterocycles. The maximum absolute atomic E-state index is 13.1. The number of hydrogen-bond donors (Lipinski definition) is 2. The summed E-state index contributed by atoms with van der Waals surface area (Å²) in [4.78, 5) is 9.14. The molecule has 0 amide bonds. The van der Waals surface area contributed by atoms with Crippen LogP contribution in [0.15, 0.2) is 48.5 Å². The SMILES string of the molecule is Fc1ccc(Nc2nc(NC[C@H]3CCCO3)c3ccccc3n2)cc1. The van der Waals surface area contributed by atoms with Gasteiger partial charge in [-0.2, -0.15) is 4.98 Å². The maximum Gasteiger partial charge on any atom is 0.229 e. The third-order valence-electron chi connectivity index (χ3n) is 4.22. The van der Waals surface area contributed by atoms with Crippen LogP contribution in [0.3, 0.4) is 0 Å². The summed E-state index contributed by atoms with van der Waals surface area (Å²) in [5, 5.41) is 7.48. The van der Waals surface area contributed by atoms with Crippen LogP contribution in [0.2, 0.25) is 0 Å². The Morgan fingerprint density at radius 2 is 1.92 bits per heavy atom. The number of benzene rings is 2. The van der Waals surface area contributed by atoms with E-state index >= 15 is 0 Å². The number of aromatic nitrogens is 2. The van der Waals surface area contributed by atoms with Crippen molar-refractivity contribution in [1.82, 2.24) is 9.97 Å². The summed E-state index contributed by atoms with van der Waals surface area (Å²) in [6.45, 7) is 1.55. The Labute approximate surface area is 145 Å². The van der Waals surface area contributed by atoms with Gasteiger partial charge in [0.05, 0.1) is 11.6 Å².